The fourth-order valence-electron chi connectivity index (χ4n) is 1.03. The molecule has 0 atom stereocenters. The molecule has 0 heterocycles. The molecule has 1 aromatic rings. The smallest absolute Gasteiger partial charge is 0.132 e. The lowest BCUT2D eigenvalue weighted by Crippen LogP contribution is -1.93. The highest BCUT2D eigenvalue weighted by Gasteiger charge is 2.01. The minimum absolute atomic E-state index is 0.0944. The molecule has 0 saturated carbocycles. The summed E-state index contributed by atoms with van der Waals surface area (Å²) in [6.07, 6.45) is 3.01. The summed E-state index contributed by atoms with van der Waals surface area (Å²) in [7, 11) is 0. The van der Waals surface area contributed by atoms with E-state index < -0.39 is 0 Å². The highest BCUT2D eigenvalue weighted by atomic mass is 19.1. The SMILES string of the molecule is Cc1cc(C=CCO)c(F)cc1N. The van der Waals surface area contributed by atoms with Crippen LogP contribution in [0.25, 0.3) is 6.08 Å². The molecular weight excluding hydrogens is 169 g/mol. The number of nitrogens with two attached hydrogens (primary N) is 1. The first-order valence-corrected chi connectivity index (χ1v) is 3.98. The topological polar surface area (TPSA) is 46.2 Å². The van der Waals surface area contributed by atoms with Crippen LogP contribution in [0.1, 0.15) is 11.1 Å². The molecule has 1 aromatic carbocycles. The summed E-state index contributed by atoms with van der Waals surface area (Å²) in [6, 6.07) is 2.93. The molecular formula is C10H12FNO. The molecule has 0 amide bonds. The predicted molar refractivity (Wildman–Crippen MR) is 51.7 cm³/mol. The third-order valence-electron chi connectivity index (χ3n) is 1.79. The molecule has 0 saturated heterocycles. The molecule has 3 heteroatoms. The van der Waals surface area contributed by atoms with Crippen LogP contribution in [0.2, 0.25) is 0 Å². The second kappa shape index (κ2) is 4.05. The Morgan fingerprint density at radius 2 is 2.23 bits per heavy atom. The van der Waals surface area contributed by atoms with E-state index in [9.17, 15) is 4.39 Å². The average molecular weight is 181 g/mol. The largest absolute Gasteiger partial charge is 0.398 e. The number of aliphatic hydroxyl groups is 1. The van der Waals surface area contributed by atoms with Crippen LogP contribution < -0.4 is 5.73 Å². The molecule has 0 unspecified atom stereocenters. The van der Waals surface area contributed by atoms with Crippen molar-refractivity contribution in [2.45, 2.75) is 6.92 Å². The molecule has 3 N–H and O–H groups in total. The number of anilines is 1. The molecule has 2 nitrogen and oxygen atoms in total. The summed E-state index contributed by atoms with van der Waals surface area (Å²) in [5, 5.41) is 8.51. The molecule has 1 rings (SSSR count). The number of benzene rings is 1. The Hall–Kier alpha value is -1.35. The normalized spacial score (nSPS) is 11.0. The van der Waals surface area contributed by atoms with Crippen molar-refractivity contribution in [1.82, 2.24) is 0 Å². The van der Waals surface area contributed by atoms with Gasteiger partial charge in [-0.15, -0.1) is 0 Å². The van der Waals surface area contributed by atoms with Crippen LogP contribution in [-0.2, 0) is 0 Å². The van der Waals surface area contributed by atoms with Crippen molar-refractivity contribution in [2.75, 3.05) is 12.3 Å². The van der Waals surface area contributed by atoms with Gasteiger partial charge < -0.3 is 10.8 Å². The summed E-state index contributed by atoms with van der Waals surface area (Å²) in [5.74, 6) is -0.368. The first kappa shape index (κ1) is 9.74. The molecule has 0 aliphatic rings. The maximum atomic E-state index is 13.1. The Kier molecular flexibility index (Phi) is 3.03. The number of aliphatic hydroxyl groups excluding tert-OH is 1. The van der Waals surface area contributed by atoms with E-state index in [0.29, 0.717) is 11.3 Å². The monoisotopic (exact) mass is 181 g/mol. The molecule has 13 heavy (non-hydrogen) atoms. The van der Waals surface area contributed by atoms with Gasteiger partial charge in [-0.1, -0.05) is 12.2 Å². The van der Waals surface area contributed by atoms with Crippen LogP contribution in [0.15, 0.2) is 18.2 Å². The molecule has 0 fully saturated rings. The predicted octanol–water partition coefficient (Wildman–Crippen LogP) is 1.72. The first-order chi connectivity index (χ1) is 6.15. The van der Waals surface area contributed by atoms with E-state index >= 15 is 0 Å². The van der Waals surface area contributed by atoms with Crippen LogP contribution in [0, 0.1) is 12.7 Å². The highest BCUT2D eigenvalue weighted by molar-refractivity contribution is 5.58. The second-order valence-electron chi connectivity index (χ2n) is 2.82. The first-order valence-electron chi connectivity index (χ1n) is 3.98. The standard InChI is InChI=1S/C10H12FNO/c1-7-5-8(3-2-4-13)9(11)6-10(7)12/h2-3,5-6,13H,4,12H2,1H3. The van der Waals surface area contributed by atoms with Gasteiger partial charge in [-0.3, -0.25) is 0 Å². The van der Waals surface area contributed by atoms with E-state index in [4.69, 9.17) is 10.8 Å². The Balaban J connectivity index is 3.08. The fourth-order valence-corrected chi connectivity index (χ4v) is 1.03. The molecule has 70 valence electrons. The molecule has 0 spiro atoms. The fraction of sp³-hybridized carbons (Fsp3) is 0.200. The Morgan fingerprint density at radius 1 is 1.54 bits per heavy atom. The lowest BCUT2D eigenvalue weighted by Gasteiger charge is -2.02. The molecule has 0 radical (unpaired) electrons. The summed E-state index contributed by atoms with van der Waals surface area (Å²) in [6.45, 7) is 1.72. The average Bonchev–Trinajstić information content (AvgIpc) is 2.09. The van der Waals surface area contributed by atoms with Gasteiger partial charge in [0.05, 0.1) is 6.61 Å². The Morgan fingerprint density at radius 3 is 2.85 bits per heavy atom. The van der Waals surface area contributed by atoms with Gasteiger partial charge in [-0.05, 0) is 24.6 Å². The van der Waals surface area contributed by atoms with Gasteiger partial charge in [-0.2, -0.15) is 0 Å². The number of rotatable bonds is 2. The van der Waals surface area contributed by atoms with E-state index in [2.05, 4.69) is 0 Å². The lowest BCUT2D eigenvalue weighted by atomic mass is 10.1. The van der Waals surface area contributed by atoms with Gasteiger partial charge in [0.25, 0.3) is 0 Å². The number of hydrogen-bond donors (Lipinski definition) is 2. The zero-order valence-electron chi connectivity index (χ0n) is 7.42. The Labute approximate surface area is 76.5 Å². The minimum Gasteiger partial charge on any atom is -0.398 e. The van der Waals surface area contributed by atoms with E-state index in [1.165, 1.54) is 18.2 Å². The molecule has 0 aromatic heterocycles. The Bertz CT molecular complexity index is 334. The third-order valence-corrected chi connectivity index (χ3v) is 1.79. The van der Waals surface area contributed by atoms with E-state index in [0.717, 1.165) is 5.56 Å². The van der Waals surface area contributed by atoms with Gasteiger partial charge >= 0.3 is 0 Å². The van der Waals surface area contributed by atoms with Crippen molar-refractivity contribution in [3.05, 3.63) is 35.2 Å². The van der Waals surface area contributed by atoms with Crippen LogP contribution in [0.5, 0.6) is 0 Å². The summed E-state index contributed by atoms with van der Waals surface area (Å²) in [4.78, 5) is 0. The lowest BCUT2D eigenvalue weighted by molar-refractivity contribution is 0.343. The summed E-state index contributed by atoms with van der Waals surface area (Å²) >= 11 is 0. The number of nitrogen functional groups attached to an aromatic ring is 1. The van der Waals surface area contributed by atoms with E-state index in [1.54, 1.807) is 6.07 Å². The second-order valence-corrected chi connectivity index (χ2v) is 2.82. The maximum Gasteiger partial charge on any atom is 0.132 e. The highest BCUT2D eigenvalue weighted by Crippen LogP contribution is 2.17. The van der Waals surface area contributed by atoms with Gasteiger partial charge in [0, 0.05) is 11.3 Å². The summed E-state index contributed by atoms with van der Waals surface area (Å²) < 4.78 is 13.1. The third kappa shape index (κ3) is 2.29. The van der Waals surface area contributed by atoms with E-state index in [1.807, 2.05) is 6.92 Å². The van der Waals surface area contributed by atoms with Crippen molar-refractivity contribution in [3.63, 3.8) is 0 Å². The number of aryl methyl sites for hydroxylation is 1. The molecule has 0 aliphatic heterocycles. The zero-order valence-corrected chi connectivity index (χ0v) is 7.42. The number of halogens is 1. The van der Waals surface area contributed by atoms with Crippen molar-refractivity contribution in [1.29, 1.82) is 0 Å². The molecule has 0 aliphatic carbocycles. The van der Waals surface area contributed by atoms with Crippen molar-refractivity contribution >= 4 is 11.8 Å². The minimum atomic E-state index is -0.368. The van der Waals surface area contributed by atoms with Crippen LogP contribution in [0.4, 0.5) is 10.1 Å². The van der Waals surface area contributed by atoms with E-state index in [-0.39, 0.29) is 12.4 Å². The van der Waals surface area contributed by atoms with Crippen LogP contribution in [-0.4, -0.2) is 11.7 Å². The van der Waals surface area contributed by atoms with Crippen molar-refractivity contribution < 1.29 is 9.50 Å². The van der Waals surface area contributed by atoms with Gasteiger partial charge in [0.1, 0.15) is 5.82 Å². The van der Waals surface area contributed by atoms with Crippen LogP contribution in [0.3, 0.4) is 0 Å². The van der Waals surface area contributed by atoms with Crippen molar-refractivity contribution in [3.8, 4) is 0 Å². The zero-order chi connectivity index (χ0) is 9.84. The number of hydrogen-bond acceptors (Lipinski definition) is 2. The van der Waals surface area contributed by atoms with Crippen LogP contribution >= 0.6 is 0 Å². The van der Waals surface area contributed by atoms with Crippen molar-refractivity contribution in [2.24, 2.45) is 0 Å². The quantitative estimate of drug-likeness (QED) is 0.682. The van der Waals surface area contributed by atoms with Gasteiger partial charge in [0.15, 0.2) is 0 Å². The molecule has 0 bridgehead atoms. The van der Waals surface area contributed by atoms with Gasteiger partial charge in [-0.25, -0.2) is 4.39 Å². The van der Waals surface area contributed by atoms with Gasteiger partial charge in [0.2, 0.25) is 0 Å². The maximum absolute atomic E-state index is 13.1. The summed E-state index contributed by atoms with van der Waals surface area (Å²) in [5.41, 5.74) is 7.23.